The smallest absolute Gasteiger partial charge is 0.165 e. The monoisotopic (exact) mass is 262 g/mol. The maximum Gasteiger partial charge on any atom is 0.165 e. The minimum Gasteiger partial charge on any atom is -0.494 e. The van der Waals surface area contributed by atoms with Crippen molar-refractivity contribution in [2.45, 2.75) is 18.3 Å². The van der Waals surface area contributed by atoms with Crippen molar-refractivity contribution in [1.29, 1.82) is 0 Å². The number of hydrogen-bond acceptors (Lipinski definition) is 4. The number of rotatable bonds is 4. The summed E-state index contributed by atoms with van der Waals surface area (Å²) in [5.74, 6) is -0.585. The van der Waals surface area contributed by atoms with Gasteiger partial charge in [-0.3, -0.25) is 0 Å². The summed E-state index contributed by atoms with van der Waals surface area (Å²) >= 11 is 0. The Morgan fingerprint density at radius 2 is 2.00 bits per heavy atom. The summed E-state index contributed by atoms with van der Waals surface area (Å²) in [5.41, 5.74) is 0.209. The molecule has 0 aliphatic carbocycles. The summed E-state index contributed by atoms with van der Waals surface area (Å²) in [6, 6.07) is 3.86. The zero-order chi connectivity index (χ0) is 13.2. The maximum atomic E-state index is 13.4. The van der Waals surface area contributed by atoms with Crippen LogP contribution in [0.25, 0.3) is 0 Å². The number of methoxy groups -OCH3 is 1. The summed E-state index contributed by atoms with van der Waals surface area (Å²) in [6.45, 7) is 1.38. The van der Waals surface area contributed by atoms with Crippen molar-refractivity contribution in [3.05, 3.63) is 29.6 Å². The zero-order valence-corrected chi connectivity index (χ0v) is 10.7. The standard InChI is InChI=1S/C11H15FO4S/c1-7(17(3,14)15)11(13)8-4-5-10(16-2)9(12)6-8/h4-7,11,13H,1-3H3. The first-order valence-corrected chi connectivity index (χ1v) is 6.93. The molecule has 1 rings (SSSR count). The molecule has 2 atom stereocenters. The van der Waals surface area contributed by atoms with Crippen LogP contribution in [0.4, 0.5) is 4.39 Å². The van der Waals surface area contributed by atoms with Crippen molar-refractivity contribution < 1.29 is 22.7 Å². The molecule has 6 heteroatoms. The van der Waals surface area contributed by atoms with E-state index < -0.39 is 27.0 Å². The van der Waals surface area contributed by atoms with Crippen molar-refractivity contribution >= 4 is 9.84 Å². The van der Waals surface area contributed by atoms with Crippen LogP contribution < -0.4 is 4.74 Å². The molecule has 0 aliphatic rings. The molecule has 17 heavy (non-hydrogen) atoms. The van der Waals surface area contributed by atoms with Gasteiger partial charge in [-0.25, -0.2) is 12.8 Å². The Kier molecular flexibility index (Phi) is 4.11. The van der Waals surface area contributed by atoms with Crippen LogP contribution in [0.5, 0.6) is 5.75 Å². The molecule has 4 nitrogen and oxygen atoms in total. The van der Waals surface area contributed by atoms with Crippen molar-refractivity contribution in [1.82, 2.24) is 0 Å². The normalized spacial score (nSPS) is 15.4. The van der Waals surface area contributed by atoms with Gasteiger partial charge in [-0.2, -0.15) is 0 Å². The lowest BCUT2D eigenvalue weighted by molar-refractivity contribution is 0.175. The molecule has 1 N–H and O–H groups in total. The minimum atomic E-state index is -3.38. The third-order valence-electron chi connectivity index (χ3n) is 2.64. The van der Waals surface area contributed by atoms with E-state index in [1.165, 1.54) is 26.2 Å². The SMILES string of the molecule is COc1ccc(C(O)C(C)S(C)(=O)=O)cc1F. The third-order valence-corrected chi connectivity index (χ3v) is 4.25. The van der Waals surface area contributed by atoms with Gasteiger partial charge in [0.15, 0.2) is 21.4 Å². The fraction of sp³-hybridized carbons (Fsp3) is 0.455. The number of ether oxygens (including phenoxy) is 1. The predicted octanol–water partition coefficient (Wildman–Crippen LogP) is 1.30. The molecule has 0 spiro atoms. The molecule has 0 saturated carbocycles. The number of aliphatic hydroxyl groups is 1. The Balaban J connectivity index is 3.05. The molecule has 1 aromatic carbocycles. The van der Waals surface area contributed by atoms with E-state index in [-0.39, 0.29) is 11.3 Å². The fourth-order valence-electron chi connectivity index (χ4n) is 1.37. The molecule has 0 aromatic heterocycles. The Morgan fingerprint density at radius 3 is 2.41 bits per heavy atom. The first-order chi connectivity index (χ1) is 7.77. The van der Waals surface area contributed by atoms with E-state index in [2.05, 4.69) is 0 Å². The van der Waals surface area contributed by atoms with Gasteiger partial charge in [0.1, 0.15) is 0 Å². The van der Waals surface area contributed by atoms with E-state index in [9.17, 15) is 17.9 Å². The lowest BCUT2D eigenvalue weighted by Crippen LogP contribution is -2.24. The molecular formula is C11H15FO4S. The highest BCUT2D eigenvalue weighted by Gasteiger charge is 2.26. The van der Waals surface area contributed by atoms with Crippen LogP contribution in [0.3, 0.4) is 0 Å². The Hall–Kier alpha value is -1.14. The van der Waals surface area contributed by atoms with Crippen molar-refractivity contribution in [2.75, 3.05) is 13.4 Å². The van der Waals surface area contributed by atoms with Crippen LogP contribution in [0, 0.1) is 5.82 Å². The molecule has 0 saturated heterocycles. The summed E-state index contributed by atoms with van der Waals surface area (Å²) in [7, 11) is -2.06. The molecule has 0 radical (unpaired) electrons. The highest BCUT2D eigenvalue weighted by atomic mass is 32.2. The van der Waals surface area contributed by atoms with Gasteiger partial charge in [-0.05, 0) is 24.6 Å². The number of aliphatic hydroxyl groups excluding tert-OH is 1. The van der Waals surface area contributed by atoms with Crippen molar-refractivity contribution in [2.24, 2.45) is 0 Å². The number of hydrogen-bond donors (Lipinski definition) is 1. The topological polar surface area (TPSA) is 63.6 Å². The van der Waals surface area contributed by atoms with E-state index in [0.717, 1.165) is 12.3 Å². The van der Waals surface area contributed by atoms with Gasteiger partial charge in [0.05, 0.1) is 18.5 Å². The lowest BCUT2D eigenvalue weighted by Gasteiger charge is -2.18. The van der Waals surface area contributed by atoms with Gasteiger partial charge in [0.25, 0.3) is 0 Å². The highest BCUT2D eigenvalue weighted by molar-refractivity contribution is 7.91. The highest BCUT2D eigenvalue weighted by Crippen LogP contribution is 2.25. The zero-order valence-electron chi connectivity index (χ0n) is 9.84. The third kappa shape index (κ3) is 3.17. The van der Waals surface area contributed by atoms with Gasteiger partial charge < -0.3 is 9.84 Å². The first kappa shape index (κ1) is 13.9. The van der Waals surface area contributed by atoms with E-state index in [1.807, 2.05) is 0 Å². The average Bonchev–Trinajstić information content (AvgIpc) is 2.25. The molecule has 0 amide bonds. The molecule has 2 unspecified atom stereocenters. The van der Waals surface area contributed by atoms with Crippen LogP contribution in [0.2, 0.25) is 0 Å². The summed E-state index contributed by atoms with van der Waals surface area (Å²) < 4.78 is 40.7. The van der Waals surface area contributed by atoms with Gasteiger partial charge in [0.2, 0.25) is 0 Å². The Labute approximate surface area is 100.0 Å². The predicted molar refractivity (Wildman–Crippen MR) is 62.2 cm³/mol. The second-order valence-corrected chi connectivity index (χ2v) is 6.28. The van der Waals surface area contributed by atoms with Crippen LogP contribution in [-0.2, 0) is 9.84 Å². The molecule has 0 heterocycles. The van der Waals surface area contributed by atoms with Gasteiger partial charge in [0, 0.05) is 6.26 Å². The molecule has 0 bridgehead atoms. The van der Waals surface area contributed by atoms with Crippen LogP contribution in [0.15, 0.2) is 18.2 Å². The first-order valence-electron chi connectivity index (χ1n) is 4.97. The minimum absolute atomic E-state index is 0.0490. The molecular weight excluding hydrogens is 247 g/mol. The second kappa shape index (κ2) is 5.01. The lowest BCUT2D eigenvalue weighted by atomic mass is 10.1. The van der Waals surface area contributed by atoms with Crippen LogP contribution >= 0.6 is 0 Å². The quantitative estimate of drug-likeness (QED) is 0.888. The van der Waals surface area contributed by atoms with Crippen molar-refractivity contribution in [3.63, 3.8) is 0 Å². The Morgan fingerprint density at radius 1 is 1.41 bits per heavy atom. The molecule has 0 aliphatic heterocycles. The number of sulfone groups is 1. The second-order valence-electron chi connectivity index (χ2n) is 3.87. The number of halogens is 1. The maximum absolute atomic E-state index is 13.4. The van der Waals surface area contributed by atoms with Gasteiger partial charge in [-0.1, -0.05) is 6.07 Å². The van der Waals surface area contributed by atoms with E-state index in [4.69, 9.17) is 4.74 Å². The van der Waals surface area contributed by atoms with E-state index in [1.54, 1.807) is 0 Å². The van der Waals surface area contributed by atoms with Crippen LogP contribution in [0.1, 0.15) is 18.6 Å². The largest absolute Gasteiger partial charge is 0.494 e. The molecule has 96 valence electrons. The molecule has 1 aromatic rings. The summed E-state index contributed by atoms with van der Waals surface area (Å²) in [5, 5.41) is 8.84. The summed E-state index contributed by atoms with van der Waals surface area (Å²) in [6.07, 6.45) is -0.230. The average molecular weight is 262 g/mol. The number of benzene rings is 1. The van der Waals surface area contributed by atoms with Gasteiger partial charge >= 0.3 is 0 Å². The van der Waals surface area contributed by atoms with Gasteiger partial charge in [-0.15, -0.1) is 0 Å². The van der Waals surface area contributed by atoms with E-state index >= 15 is 0 Å². The van der Waals surface area contributed by atoms with Crippen molar-refractivity contribution in [3.8, 4) is 5.75 Å². The molecule has 0 fully saturated rings. The van der Waals surface area contributed by atoms with E-state index in [0.29, 0.717) is 0 Å². The Bertz CT molecular complexity index is 498. The summed E-state index contributed by atoms with van der Waals surface area (Å²) in [4.78, 5) is 0. The van der Waals surface area contributed by atoms with Crippen LogP contribution in [-0.4, -0.2) is 32.1 Å². The fourth-order valence-corrected chi connectivity index (χ4v) is 2.00.